The Balaban J connectivity index is 1.50. The lowest BCUT2D eigenvalue weighted by atomic mass is 10.2. The number of pyridine rings is 1. The first-order chi connectivity index (χ1) is 12.1. The van der Waals surface area contributed by atoms with Crippen molar-refractivity contribution in [1.29, 1.82) is 0 Å². The van der Waals surface area contributed by atoms with Crippen LogP contribution < -0.4 is 15.4 Å². The first-order valence-electron chi connectivity index (χ1n) is 8.17. The molecular weight excluding hydrogens is 318 g/mol. The molecule has 7 heteroatoms. The molecule has 0 aliphatic rings. The number of fused-ring (bicyclic) bond motifs is 1. The van der Waals surface area contributed by atoms with Gasteiger partial charge in [0, 0.05) is 6.07 Å². The molecule has 2 heterocycles. The van der Waals surface area contributed by atoms with Crippen LogP contribution in [0.5, 0.6) is 5.88 Å². The van der Waals surface area contributed by atoms with Gasteiger partial charge >= 0.3 is 6.03 Å². The van der Waals surface area contributed by atoms with Crippen LogP contribution in [0.15, 0.2) is 42.6 Å². The molecule has 1 aromatic carbocycles. The number of rotatable bonds is 6. The number of hydrogen-bond donors (Lipinski definition) is 3. The zero-order valence-electron chi connectivity index (χ0n) is 14.2. The van der Waals surface area contributed by atoms with Gasteiger partial charge in [0.2, 0.25) is 5.88 Å². The fraction of sp³-hybridized carbons (Fsp3) is 0.278. The lowest BCUT2D eigenvalue weighted by Crippen LogP contribution is -2.28. The molecule has 0 radical (unpaired) electrons. The van der Waals surface area contributed by atoms with Crippen molar-refractivity contribution in [2.24, 2.45) is 5.92 Å². The number of urea groups is 1. The van der Waals surface area contributed by atoms with Crippen LogP contribution in [0.25, 0.3) is 11.0 Å². The van der Waals surface area contributed by atoms with Gasteiger partial charge in [-0.25, -0.2) is 14.8 Å². The van der Waals surface area contributed by atoms with Gasteiger partial charge in [-0.15, -0.1) is 0 Å². The second-order valence-corrected chi connectivity index (χ2v) is 6.10. The monoisotopic (exact) mass is 339 g/mol. The number of para-hydroxylation sites is 2. The lowest BCUT2D eigenvalue weighted by molar-refractivity contribution is 0.251. The largest absolute Gasteiger partial charge is 0.477 e. The molecule has 0 atom stereocenters. The maximum Gasteiger partial charge on any atom is 0.319 e. The average Bonchev–Trinajstić information content (AvgIpc) is 3.02. The number of carbonyl (C=O) groups is 1. The zero-order chi connectivity index (χ0) is 17.6. The molecule has 3 N–H and O–H groups in total. The van der Waals surface area contributed by atoms with Crippen molar-refractivity contribution >= 4 is 22.8 Å². The van der Waals surface area contributed by atoms with Crippen LogP contribution in [0.3, 0.4) is 0 Å². The van der Waals surface area contributed by atoms with Crippen molar-refractivity contribution in [3.8, 4) is 5.88 Å². The van der Waals surface area contributed by atoms with E-state index in [1.165, 1.54) is 0 Å². The number of amides is 2. The molecule has 3 rings (SSSR count). The van der Waals surface area contributed by atoms with Crippen molar-refractivity contribution in [1.82, 2.24) is 20.3 Å². The van der Waals surface area contributed by atoms with Gasteiger partial charge in [-0.1, -0.05) is 26.0 Å². The number of nitrogens with zero attached hydrogens (tertiary/aromatic N) is 2. The Hall–Kier alpha value is -3.09. The Morgan fingerprint density at radius 2 is 2.08 bits per heavy atom. The van der Waals surface area contributed by atoms with Gasteiger partial charge in [0.1, 0.15) is 5.82 Å². The second kappa shape index (κ2) is 7.65. The van der Waals surface area contributed by atoms with Gasteiger partial charge < -0.3 is 20.4 Å². The van der Waals surface area contributed by atoms with Gasteiger partial charge in [-0.3, -0.25) is 0 Å². The van der Waals surface area contributed by atoms with E-state index in [0.29, 0.717) is 36.5 Å². The predicted octanol–water partition coefficient (Wildman–Crippen LogP) is 3.31. The molecule has 2 aromatic heterocycles. The van der Waals surface area contributed by atoms with E-state index < -0.39 is 0 Å². The molecule has 7 nitrogen and oxygen atoms in total. The van der Waals surface area contributed by atoms with Crippen LogP contribution in [0, 0.1) is 5.92 Å². The first kappa shape index (κ1) is 16.8. The van der Waals surface area contributed by atoms with E-state index in [1.54, 1.807) is 18.3 Å². The summed E-state index contributed by atoms with van der Waals surface area (Å²) in [5, 5.41) is 5.49. The molecule has 0 bridgehead atoms. The van der Waals surface area contributed by atoms with Gasteiger partial charge in [0.25, 0.3) is 0 Å². The minimum absolute atomic E-state index is 0.309. The second-order valence-electron chi connectivity index (χ2n) is 6.10. The number of imidazole rings is 1. The number of ether oxygens (including phenoxy) is 1. The fourth-order valence-corrected chi connectivity index (χ4v) is 2.22. The molecule has 130 valence electrons. The third-order valence-electron chi connectivity index (χ3n) is 3.41. The number of nitrogens with one attached hydrogen (secondary N) is 3. The van der Waals surface area contributed by atoms with Crippen LogP contribution in [0.1, 0.15) is 19.7 Å². The van der Waals surface area contributed by atoms with E-state index in [4.69, 9.17) is 4.74 Å². The summed E-state index contributed by atoms with van der Waals surface area (Å²) in [7, 11) is 0. The van der Waals surface area contributed by atoms with Crippen molar-refractivity contribution in [2.45, 2.75) is 20.4 Å². The number of aromatic nitrogens is 3. The standard InChI is InChI=1S/C18H21N5O2/c1-12(2)11-25-17-8-7-13(9-19-17)21-18(24)20-10-16-22-14-5-3-4-6-15(14)23-16/h3-9,12H,10-11H2,1-2H3,(H,22,23)(H2,20,21,24). The molecule has 0 fully saturated rings. The molecule has 0 spiro atoms. The van der Waals surface area contributed by atoms with E-state index in [1.807, 2.05) is 24.3 Å². The number of anilines is 1. The Kier molecular flexibility index (Phi) is 5.13. The SMILES string of the molecule is CC(C)COc1ccc(NC(=O)NCc2nc3ccccc3[nH]2)cn1. The third kappa shape index (κ3) is 4.69. The third-order valence-corrected chi connectivity index (χ3v) is 3.41. The molecule has 0 saturated heterocycles. The van der Waals surface area contributed by atoms with Crippen LogP contribution in [-0.4, -0.2) is 27.6 Å². The first-order valence-corrected chi connectivity index (χ1v) is 8.17. The predicted molar refractivity (Wildman–Crippen MR) is 96.5 cm³/mol. The number of benzene rings is 1. The summed E-state index contributed by atoms with van der Waals surface area (Å²) in [6.45, 7) is 5.06. The van der Waals surface area contributed by atoms with Crippen molar-refractivity contribution in [2.75, 3.05) is 11.9 Å². The van der Waals surface area contributed by atoms with Crippen LogP contribution in [-0.2, 0) is 6.54 Å². The quantitative estimate of drug-likeness (QED) is 0.642. The van der Waals surface area contributed by atoms with Gasteiger partial charge in [0.05, 0.1) is 36.1 Å². The summed E-state index contributed by atoms with van der Waals surface area (Å²) in [6.07, 6.45) is 1.57. The van der Waals surface area contributed by atoms with E-state index >= 15 is 0 Å². The molecule has 2 amide bonds. The Bertz CT molecular complexity index is 809. The highest BCUT2D eigenvalue weighted by molar-refractivity contribution is 5.89. The summed E-state index contributed by atoms with van der Waals surface area (Å²) >= 11 is 0. The molecular formula is C18H21N5O2. The number of hydrogen-bond acceptors (Lipinski definition) is 4. The van der Waals surface area contributed by atoms with Gasteiger partial charge in [-0.05, 0) is 24.1 Å². The van der Waals surface area contributed by atoms with Crippen molar-refractivity contribution in [3.05, 3.63) is 48.4 Å². The average molecular weight is 339 g/mol. The molecule has 3 aromatic rings. The number of H-pyrrole nitrogens is 1. The van der Waals surface area contributed by atoms with E-state index in [9.17, 15) is 4.79 Å². The molecule has 25 heavy (non-hydrogen) atoms. The molecule has 0 saturated carbocycles. The van der Waals surface area contributed by atoms with Crippen LogP contribution in [0.4, 0.5) is 10.5 Å². The van der Waals surface area contributed by atoms with Crippen molar-refractivity contribution in [3.63, 3.8) is 0 Å². The lowest BCUT2D eigenvalue weighted by Gasteiger charge is -2.09. The van der Waals surface area contributed by atoms with E-state index in [-0.39, 0.29) is 6.03 Å². The summed E-state index contributed by atoms with van der Waals surface area (Å²) in [5.41, 5.74) is 2.42. The summed E-state index contributed by atoms with van der Waals surface area (Å²) in [6, 6.07) is 10.9. The highest BCUT2D eigenvalue weighted by Gasteiger charge is 2.06. The van der Waals surface area contributed by atoms with Crippen LogP contribution in [0.2, 0.25) is 0 Å². The maximum atomic E-state index is 12.0. The Morgan fingerprint density at radius 1 is 1.24 bits per heavy atom. The Morgan fingerprint density at radius 3 is 2.80 bits per heavy atom. The minimum Gasteiger partial charge on any atom is -0.477 e. The van der Waals surface area contributed by atoms with Gasteiger partial charge in [-0.2, -0.15) is 0 Å². The highest BCUT2D eigenvalue weighted by atomic mass is 16.5. The maximum absolute atomic E-state index is 12.0. The normalized spacial score (nSPS) is 10.8. The van der Waals surface area contributed by atoms with Crippen molar-refractivity contribution < 1.29 is 9.53 Å². The molecule has 0 unspecified atom stereocenters. The number of carbonyl (C=O) groups excluding carboxylic acids is 1. The molecule has 0 aliphatic carbocycles. The van der Waals surface area contributed by atoms with Crippen LogP contribution >= 0.6 is 0 Å². The highest BCUT2D eigenvalue weighted by Crippen LogP contribution is 2.13. The van der Waals surface area contributed by atoms with Gasteiger partial charge in [0.15, 0.2) is 0 Å². The number of aromatic amines is 1. The summed E-state index contributed by atoms with van der Waals surface area (Å²) in [4.78, 5) is 23.7. The molecule has 0 aliphatic heterocycles. The summed E-state index contributed by atoms with van der Waals surface area (Å²) in [5.74, 6) is 1.68. The fourth-order valence-electron chi connectivity index (χ4n) is 2.22. The Labute approximate surface area is 145 Å². The van der Waals surface area contributed by atoms with E-state index in [2.05, 4.69) is 39.4 Å². The summed E-state index contributed by atoms with van der Waals surface area (Å²) < 4.78 is 5.51. The topological polar surface area (TPSA) is 91.9 Å². The minimum atomic E-state index is -0.321. The smallest absolute Gasteiger partial charge is 0.319 e. The van der Waals surface area contributed by atoms with E-state index in [0.717, 1.165) is 11.0 Å². The zero-order valence-corrected chi connectivity index (χ0v) is 14.2.